The van der Waals surface area contributed by atoms with Gasteiger partial charge in [0.2, 0.25) is 5.75 Å². The van der Waals surface area contributed by atoms with Crippen LogP contribution in [0.2, 0.25) is 0 Å². The Bertz CT molecular complexity index is 476. The molecular weight excluding hydrogens is 264 g/mol. The maximum Gasteiger partial charge on any atom is 0.311 e. The van der Waals surface area contributed by atoms with Gasteiger partial charge in [-0.1, -0.05) is 6.07 Å². The molecule has 0 aliphatic rings. The lowest BCUT2D eigenvalue weighted by Crippen LogP contribution is -2.24. The number of benzene rings is 1. The Morgan fingerprint density at radius 1 is 1.40 bits per heavy atom. The standard InChI is InChI=1S/C13H18N2O5/c1-20-9-4-2-3-8-14-13(17)10-6-5-7-11(12(10)16)15(18)19/h5-7,16H,2-4,8-9H2,1H3,(H,14,17). The van der Waals surface area contributed by atoms with Crippen molar-refractivity contribution in [2.75, 3.05) is 20.3 Å². The number of nitrogens with one attached hydrogen (secondary N) is 1. The average molecular weight is 282 g/mol. The molecule has 1 aromatic rings. The number of nitro benzene ring substituents is 1. The minimum atomic E-state index is -0.725. The van der Waals surface area contributed by atoms with E-state index in [2.05, 4.69) is 5.32 Å². The number of rotatable bonds is 8. The number of aromatic hydroxyl groups is 1. The Labute approximate surface area is 116 Å². The van der Waals surface area contributed by atoms with Crippen molar-refractivity contribution in [3.8, 4) is 5.75 Å². The number of hydrogen-bond donors (Lipinski definition) is 2. The molecule has 0 saturated heterocycles. The quantitative estimate of drug-likeness (QED) is 0.430. The summed E-state index contributed by atoms with van der Waals surface area (Å²) in [5.74, 6) is -1.12. The molecule has 0 fully saturated rings. The van der Waals surface area contributed by atoms with Crippen LogP contribution in [0, 0.1) is 10.1 Å². The third-order valence-corrected chi connectivity index (χ3v) is 2.77. The number of unbranched alkanes of at least 4 members (excludes halogenated alkanes) is 2. The maximum absolute atomic E-state index is 11.8. The minimum absolute atomic E-state index is 0.0870. The Kier molecular flexibility index (Phi) is 6.45. The fraction of sp³-hybridized carbons (Fsp3) is 0.462. The molecule has 1 amide bonds. The lowest BCUT2D eigenvalue weighted by atomic mass is 10.1. The first-order chi connectivity index (χ1) is 9.57. The smallest absolute Gasteiger partial charge is 0.311 e. The predicted molar refractivity (Wildman–Crippen MR) is 72.8 cm³/mol. The first-order valence-electron chi connectivity index (χ1n) is 6.31. The van der Waals surface area contributed by atoms with Crippen molar-refractivity contribution in [1.82, 2.24) is 5.32 Å². The van der Waals surface area contributed by atoms with Gasteiger partial charge < -0.3 is 15.2 Å². The second-order valence-electron chi connectivity index (χ2n) is 4.24. The normalized spacial score (nSPS) is 10.2. The van der Waals surface area contributed by atoms with Crippen LogP contribution in [0.15, 0.2) is 18.2 Å². The topological polar surface area (TPSA) is 102 Å². The van der Waals surface area contributed by atoms with Crippen molar-refractivity contribution in [1.29, 1.82) is 0 Å². The molecule has 0 bridgehead atoms. The second-order valence-corrected chi connectivity index (χ2v) is 4.24. The van der Waals surface area contributed by atoms with Crippen LogP contribution in [0.25, 0.3) is 0 Å². The fourth-order valence-corrected chi connectivity index (χ4v) is 1.71. The number of carbonyl (C=O) groups excluding carboxylic acids is 1. The van der Waals surface area contributed by atoms with Gasteiger partial charge in [0, 0.05) is 26.3 Å². The van der Waals surface area contributed by atoms with Crippen molar-refractivity contribution in [3.63, 3.8) is 0 Å². The highest BCUT2D eigenvalue weighted by molar-refractivity contribution is 5.98. The zero-order valence-electron chi connectivity index (χ0n) is 11.3. The molecule has 0 unspecified atom stereocenters. The Hall–Kier alpha value is -2.15. The molecule has 0 aliphatic carbocycles. The van der Waals surface area contributed by atoms with Gasteiger partial charge >= 0.3 is 5.69 Å². The van der Waals surface area contributed by atoms with E-state index in [1.165, 1.54) is 12.1 Å². The molecular formula is C13H18N2O5. The molecule has 0 radical (unpaired) electrons. The van der Waals surface area contributed by atoms with Crippen LogP contribution in [0.4, 0.5) is 5.69 Å². The molecule has 0 spiro atoms. The molecule has 1 rings (SSSR count). The molecule has 2 N–H and O–H groups in total. The zero-order chi connectivity index (χ0) is 15.0. The molecule has 20 heavy (non-hydrogen) atoms. The predicted octanol–water partition coefficient (Wildman–Crippen LogP) is 1.85. The Balaban J connectivity index is 2.52. The first-order valence-corrected chi connectivity index (χ1v) is 6.31. The van der Waals surface area contributed by atoms with E-state index in [4.69, 9.17) is 4.74 Å². The third-order valence-electron chi connectivity index (χ3n) is 2.77. The van der Waals surface area contributed by atoms with Gasteiger partial charge in [-0.2, -0.15) is 0 Å². The van der Waals surface area contributed by atoms with Crippen molar-refractivity contribution in [2.45, 2.75) is 19.3 Å². The molecule has 0 aromatic heterocycles. The van der Waals surface area contributed by atoms with Crippen molar-refractivity contribution >= 4 is 11.6 Å². The van der Waals surface area contributed by atoms with Crippen LogP contribution in [-0.2, 0) is 4.74 Å². The summed E-state index contributed by atoms with van der Waals surface area (Å²) in [7, 11) is 1.63. The molecule has 0 atom stereocenters. The van der Waals surface area contributed by atoms with Crippen LogP contribution in [0.3, 0.4) is 0 Å². The SMILES string of the molecule is COCCCCCNC(=O)c1cccc([N+](=O)[O-])c1O. The van der Waals surface area contributed by atoms with E-state index in [0.717, 1.165) is 25.3 Å². The highest BCUT2D eigenvalue weighted by atomic mass is 16.6. The van der Waals surface area contributed by atoms with Crippen molar-refractivity contribution < 1.29 is 19.6 Å². The Morgan fingerprint density at radius 3 is 2.80 bits per heavy atom. The molecule has 7 nitrogen and oxygen atoms in total. The number of phenolic OH excluding ortho intramolecular Hbond substituents is 1. The van der Waals surface area contributed by atoms with Gasteiger partial charge in [-0.3, -0.25) is 14.9 Å². The summed E-state index contributed by atoms with van der Waals surface area (Å²) in [6, 6.07) is 3.87. The van der Waals surface area contributed by atoms with E-state index in [9.17, 15) is 20.0 Å². The minimum Gasteiger partial charge on any atom is -0.502 e. The monoisotopic (exact) mass is 282 g/mol. The highest BCUT2D eigenvalue weighted by Crippen LogP contribution is 2.28. The number of carbonyl (C=O) groups is 1. The van der Waals surface area contributed by atoms with E-state index in [-0.39, 0.29) is 5.56 Å². The number of hydrogen-bond acceptors (Lipinski definition) is 5. The number of nitrogens with zero attached hydrogens (tertiary/aromatic N) is 1. The number of para-hydroxylation sites is 1. The number of methoxy groups -OCH3 is 1. The van der Waals surface area contributed by atoms with Crippen molar-refractivity contribution in [2.24, 2.45) is 0 Å². The first kappa shape index (κ1) is 15.9. The van der Waals surface area contributed by atoms with Gasteiger partial charge in [0.15, 0.2) is 0 Å². The highest BCUT2D eigenvalue weighted by Gasteiger charge is 2.20. The van der Waals surface area contributed by atoms with Gasteiger partial charge in [0.05, 0.1) is 10.5 Å². The van der Waals surface area contributed by atoms with E-state index < -0.39 is 22.3 Å². The zero-order valence-corrected chi connectivity index (χ0v) is 11.3. The van der Waals surface area contributed by atoms with Gasteiger partial charge in [-0.25, -0.2) is 0 Å². The van der Waals surface area contributed by atoms with E-state index >= 15 is 0 Å². The summed E-state index contributed by atoms with van der Waals surface area (Å²) in [5.41, 5.74) is -0.561. The summed E-state index contributed by atoms with van der Waals surface area (Å²) >= 11 is 0. The molecule has 0 heterocycles. The van der Waals surface area contributed by atoms with Crippen LogP contribution < -0.4 is 5.32 Å². The van der Waals surface area contributed by atoms with Crippen LogP contribution >= 0.6 is 0 Å². The van der Waals surface area contributed by atoms with Gasteiger partial charge in [0.25, 0.3) is 5.91 Å². The van der Waals surface area contributed by atoms with E-state index in [1.807, 2.05) is 0 Å². The third kappa shape index (κ3) is 4.51. The van der Waals surface area contributed by atoms with Crippen LogP contribution in [0.5, 0.6) is 5.75 Å². The second kappa shape index (κ2) is 8.11. The van der Waals surface area contributed by atoms with E-state index in [0.29, 0.717) is 13.2 Å². The molecule has 1 aromatic carbocycles. The number of nitro groups is 1. The maximum atomic E-state index is 11.8. The summed E-state index contributed by atoms with van der Waals surface area (Å²) in [6.45, 7) is 1.13. The number of phenols is 1. The van der Waals surface area contributed by atoms with Crippen molar-refractivity contribution in [3.05, 3.63) is 33.9 Å². The van der Waals surface area contributed by atoms with E-state index in [1.54, 1.807) is 7.11 Å². The van der Waals surface area contributed by atoms with Crippen LogP contribution in [0.1, 0.15) is 29.6 Å². The Morgan fingerprint density at radius 2 is 2.15 bits per heavy atom. The fourth-order valence-electron chi connectivity index (χ4n) is 1.71. The summed E-state index contributed by atoms with van der Waals surface area (Å²) in [4.78, 5) is 21.7. The van der Waals surface area contributed by atoms with Gasteiger partial charge in [-0.15, -0.1) is 0 Å². The van der Waals surface area contributed by atoms with Gasteiger partial charge in [0.1, 0.15) is 0 Å². The number of amides is 1. The lowest BCUT2D eigenvalue weighted by molar-refractivity contribution is -0.385. The summed E-state index contributed by atoms with van der Waals surface area (Å²) in [5, 5.41) is 23.0. The molecule has 7 heteroatoms. The molecule has 0 saturated carbocycles. The number of ether oxygens (including phenoxy) is 1. The summed E-state index contributed by atoms with van der Waals surface area (Å²) in [6.07, 6.45) is 2.61. The molecule has 110 valence electrons. The molecule has 0 aliphatic heterocycles. The summed E-state index contributed by atoms with van der Waals surface area (Å²) < 4.78 is 4.91. The van der Waals surface area contributed by atoms with Crippen LogP contribution in [-0.4, -0.2) is 36.2 Å². The largest absolute Gasteiger partial charge is 0.502 e. The van der Waals surface area contributed by atoms with Gasteiger partial charge in [-0.05, 0) is 25.3 Å². The average Bonchev–Trinajstić information content (AvgIpc) is 2.42. The lowest BCUT2D eigenvalue weighted by Gasteiger charge is -2.07.